The predicted molar refractivity (Wildman–Crippen MR) is 207 cm³/mol. The van der Waals surface area contributed by atoms with E-state index in [0.29, 0.717) is 11.3 Å². The minimum Gasteiger partial charge on any atom is -0.456 e. The molecule has 2 aromatic heterocycles. The van der Waals surface area contributed by atoms with E-state index in [-0.39, 0.29) is 18.4 Å². The normalized spacial score (nSPS) is 17.4. The van der Waals surface area contributed by atoms with Gasteiger partial charge < -0.3 is 13.9 Å². The summed E-state index contributed by atoms with van der Waals surface area (Å²) in [6.45, 7) is 5.87. The number of nitrogens with zero attached hydrogens (tertiary/aromatic N) is 4. The molecule has 2 aliphatic rings. The molecule has 5 heteroatoms. The van der Waals surface area contributed by atoms with E-state index in [0.717, 1.165) is 61.1 Å². The van der Waals surface area contributed by atoms with Crippen LogP contribution in [-0.4, -0.2) is 10.6 Å². The molecule has 51 heavy (non-hydrogen) atoms. The summed E-state index contributed by atoms with van der Waals surface area (Å²) in [5.74, 6) is 3.90. The number of allylic oxidation sites excluding steroid dienone is 9. The number of anilines is 1. The summed E-state index contributed by atoms with van der Waals surface area (Å²) in [7, 11) is 0. The van der Waals surface area contributed by atoms with Crippen LogP contribution in [0.2, 0.25) is 0 Å². The molecule has 8 rings (SSSR count). The van der Waals surface area contributed by atoms with Crippen LogP contribution in [-0.2, 0) is 0 Å². The number of rotatable bonds is 7. The zero-order valence-electron chi connectivity index (χ0n) is 28.0. The van der Waals surface area contributed by atoms with Crippen molar-refractivity contribution in [2.24, 2.45) is 0 Å². The highest BCUT2D eigenvalue weighted by Crippen LogP contribution is 2.52. The van der Waals surface area contributed by atoms with E-state index in [1.807, 2.05) is 73.7 Å². The maximum atomic E-state index is 10.2. The molecule has 3 heterocycles. The molecule has 0 spiro atoms. The number of hydrogen-bond acceptors (Lipinski definition) is 4. The Morgan fingerprint density at radius 2 is 1.55 bits per heavy atom. The topological polar surface area (TPSA) is 68.9 Å². The highest BCUT2D eigenvalue weighted by atomic mass is 16.3. The maximum Gasteiger partial charge on any atom is 0.135 e. The first kappa shape index (κ1) is 31.3. The Balaban J connectivity index is 1.30. The Morgan fingerprint density at radius 3 is 2.24 bits per heavy atom. The van der Waals surface area contributed by atoms with Gasteiger partial charge in [0.25, 0.3) is 0 Å². The lowest BCUT2D eigenvalue weighted by atomic mass is 9.82. The zero-order valence-corrected chi connectivity index (χ0v) is 28.0. The molecular weight excluding hydrogens is 625 g/mol. The van der Waals surface area contributed by atoms with Gasteiger partial charge in [-0.05, 0) is 66.1 Å². The summed E-state index contributed by atoms with van der Waals surface area (Å²) < 4.78 is 8.42. The first-order valence-electron chi connectivity index (χ1n) is 16.8. The average Bonchev–Trinajstić information content (AvgIpc) is 3.83. The van der Waals surface area contributed by atoms with Crippen molar-refractivity contribution in [3.8, 4) is 24.5 Å². The summed E-state index contributed by atoms with van der Waals surface area (Å²) in [6, 6.07) is 37.6. The fourth-order valence-electron chi connectivity index (χ4n) is 7.78. The fraction of sp³-hybridized carbons (Fsp3) is 0.0870. The second-order valence-electron chi connectivity index (χ2n) is 12.7. The number of furan rings is 1. The smallest absolute Gasteiger partial charge is 0.135 e. The van der Waals surface area contributed by atoms with Crippen LogP contribution >= 0.6 is 0 Å². The summed E-state index contributed by atoms with van der Waals surface area (Å²) in [5, 5.41) is 23.5. The lowest BCUT2D eigenvalue weighted by Gasteiger charge is -2.30. The van der Waals surface area contributed by atoms with Crippen molar-refractivity contribution in [2.45, 2.75) is 25.3 Å². The van der Waals surface area contributed by atoms with Gasteiger partial charge in [0, 0.05) is 39.0 Å². The van der Waals surface area contributed by atoms with Crippen LogP contribution in [0.25, 0.3) is 44.5 Å². The molecule has 0 fully saturated rings. The molecule has 4 aromatic carbocycles. The number of fused-ring (bicyclic) bond motifs is 10. The Kier molecular flexibility index (Phi) is 7.85. The van der Waals surface area contributed by atoms with Crippen molar-refractivity contribution in [1.82, 2.24) is 4.57 Å². The monoisotopic (exact) mass is 656 g/mol. The Hall–Kier alpha value is -7.00. The van der Waals surface area contributed by atoms with E-state index in [1.54, 1.807) is 0 Å². The number of nitriles is 2. The van der Waals surface area contributed by atoms with Crippen LogP contribution in [0.3, 0.4) is 0 Å². The van der Waals surface area contributed by atoms with E-state index >= 15 is 0 Å². The SMILES string of the molecule is C#C\C(=C/C=C(C)/C(/C=C(/C#N)C=C)=C(/CC#N)n1c2ccccc2c2ccccc21)N1c2ccccc2[C@@H]2c3c(oc4ccccc34)C=CC21. The molecule has 242 valence electrons. The molecule has 0 bridgehead atoms. The van der Waals surface area contributed by atoms with Gasteiger partial charge in [0.1, 0.15) is 11.3 Å². The van der Waals surface area contributed by atoms with Crippen LogP contribution in [0.15, 0.2) is 161 Å². The number of para-hydroxylation sites is 4. The molecule has 6 aromatic rings. The highest BCUT2D eigenvalue weighted by molar-refractivity contribution is 6.10. The summed E-state index contributed by atoms with van der Waals surface area (Å²) in [4.78, 5) is 2.23. The standard InChI is InChI=1S/C46H32N4O/c1-4-31(29-48)28-37(41(26-27-47)50-38-18-10-6-14-33(38)34-15-7-11-19-39(34)50)30(3)22-23-32(5-2)49-40-20-12-8-16-35(40)45-42(49)24-25-44-46(45)36-17-9-13-21-43(36)51-44/h2,4,6-25,28,42,45H,1,26H2,3H3/b30-22+,31-28+,32-23+,41-37-/t42?,45-/m0/s1. The van der Waals surface area contributed by atoms with Crippen LogP contribution in [0, 0.1) is 35.0 Å². The van der Waals surface area contributed by atoms with E-state index in [4.69, 9.17) is 10.8 Å². The molecule has 1 unspecified atom stereocenters. The molecule has 1 aliphatic carbocycles. The third-order valence-electron chi connectivity index (χ3n) is 9.97. The van der Waals surface area contributed by atoms with E-state index in [9.17, 15) is 10.5 Å². The highest BCUT2D eigenvalue weighted by Gasteiger charge is 2.43. The number of aromatic nitrogens is 1. The Morgan fingerprint density at radius 1 is 0.882 bits per heavy atom. The first-order valence-corrected chi connectivity index (χ1v) is 16.8. The predicted octanol–water partition coefficient (Wildman–Crippen LogP) is 10.8. The number of terminal acetylenes is 1. The molecule has 5 nitrogen and oxygen atoms in total. The first-order chi connectivity index (χ1) is 25.1. The van der Waals surface area contributed by atoms with Crippen LogP contribution in [0.4, 0.5) is 5.69 Å². The lowest BCUT2D eigenvalue weighted by Crippen LogP contribution is -2.33. The van der Waals surface area contributed by atoms with Crippen molar-refractivity contribution >= 4 is 50.2 Å². The lowest BCUT2D eigenvalue weighted by molar-refractivity contribution is 0.583. The third kappa shape index (κ3) is 5.02. The zero-order chi connectivity index (χ0) is 35.1. The quantitative estimate of drug-likeness (QED) is 0.0974. The van der Waals surface area contributed by atoms with Crippen molar-refractivity contribution in [3.63, 3.8) is 0 Å². The second-order valence-corrected chi connectivity index (χ2v) is 12.7. The number of hydrogen-bond donors (Lipinski definition) is 0. The van der Waals surface area contributed by atoms with Gasteiger partial charge in [-0.3, -0.25) is 0 Å². The van der Waals surface area contributed by atoms with Gasteiger partial charge in [-0.2, -0.15) is 10.5 Å². The Labute approximate surface area is 296 Å². The van der Waals surface area contributed by atoms with Gasteiger partial charge in [-0.15, -0.1) is 6.42 Å². The van der Waals surface area contributed by atoms with E-state index in [1.165, 1.54) is 17.2 Å². The fourth-order valence-corrected chi connectivity index (χ4v) is 7.78. The Bertz CT molecular complexity index is 2650. The van der Waals surface area contributed by atoms with Crippen molar-refractivity contribution in [2.75, 3.05) is 4.90 Å². The van der Waals surface area contributed by atoms with Crippen molar-refractivity contribution in [3.05, 3.63) is 173 Å². The summed E-state index contributed by atoms with van der Waals surface area (Å²) in [6.07, 6.45) is 18.0. The van der Waals surface area contributed by atoms with E-state index in [2.05, 4.69) is 94.8 Å². The minimum absolute atomic E-state index is 0.0355. The average molecular weight is 657 g/mol. The molecule has 0 amide bonds. The molecule has 0 N–H and O–H groups in total. The van der Waals surface area contributed by atoms with Crippen LogP contribution in [0.1, 0.15) is 36.1 Å². The third-order valence-corrected chi connectivity index (χ3v) is 9.97. The molecule has 2 atom stereocenters. The van der Waals surface area contributed by atoms with Crippen LogP contribution in [0.5, 0.6) is 0 Å². The molecule has 0 saturated heterocycles. The minimum atomic E-state index is -0.0560. The molecule has 0 saturated carbocycles. The largest absolute Gasteiger partial charge is 0.456 e. The van der Waals surface area contributed by atoms with Gasteiger partial charge in [-0.1, -0.05) is 104 Å². The second kappa shape index (κ2) is 12.8. The molecule has 0 radical (unpaired) electrons. The summed E-state index contributed by atoms with van der Waals surface area (Å²) >= 11 is 0. The van der Waals surface area contributed by atoms with Crippen molar-refractivity contribution < 1.29 is 4.42 Å². The van der Waals surface area contributed by atoms with Crippen LogP contribution < -0.4 is 4.90 Å². The van der Waals surface area contributed by atoms with Gasteiger partial charge >= 0.3 is 0 Å². The van der Waals surface area contributed by atoms with E-state index < -0.39 is 0 Å². The van der Waals surface area contributed by atoms with Gasteiger partial charge in [-0.25, -0.2) is 0 Å². The molecular formula is C46H32N4O. The van der Waals surface area contributed by atoms with Gasteiger partial charge in [0.2, 0.25) is 0 Å². The van der Waals surface area contributed by atoms with Gasteiger partial charge in [0.05, 0.1) is 46.9 Å². The maximum absolute atomic E-state index is 10.2. The molecule has 1 aliphatic heterocycles. The number of benzene rings is 4. The van der Waals surface area contributed by atoms with Gasteiger partial charge in [0.15, 0.2) is 0 Å². The van der Waals surface area contributed by atoms with Crippen molar-refractivity contribution in [1.29, 1.82) is 10.5 Å². The summed E-state index contributed by atoms with van der Waals surface area (Å²) in [5.41, 5.74) is 9.69.